The Balaban J connectivity index is 3.28. The molecule has 0 rings (SSSR count). The van der Waals surface area contributed by atoms with Crippen LogP contribution in [-0.4, -0.2) is 38.1 Å². The van der Waals surface area contributed by atoms with E-state index in [0.717, 1.165) is 6.61 Å². The molecule has 0 amide bonds. The third kappa shape index (κ3) is 18.1. The van der Waals surface area contributed by atoms with Crippen LogP contribution >= 0.6 is 0 Å². The van der Waals surface area contributed by atoms with Crippen LogP contribution in [0.2, 0.25) is 0 Å². The normalized spacial score (nSPS) is 14.3. The zero-order valence-corrected chi connectivity index (χ0v) is 16.4. The topological polar surface area (TPSA) is 27.7 Å². The molecule has 0 saturated heterocycles. The van der Waals surface area contributed by atoms with Crippen molar-refractivity contribution in [2.75, 3.05) is 19.8 Å². The van der Waals surface area contributed by atoms with E-state index in [0.29, 0.717) is 13.2 Å². The number of hydrogen-bond acceptors (Lipinski definition) is 3. The molecule has 0 spiro atoms. The lowest BCUT2D eigenvalue weighted by atomic mass is 10.1. The number of rotatable bonds is 17. The minimum Gasteiger partial charge on any atom is -0.376 e. The second-order valence-corrected chi connectivity index (χ2v) is 7.04. The lowest BCUT2D eigenvalue weighted by molar-refractivity contribution is -0.0659. The molecular weight excluding hydrogens is 288 g/mol. The Labute approximate surface area is 145 Å². The van der Waals surface area contributed by atoms with Gasteiger partial charge in [0.25, 0.3) is 0 Å². The first-order valence-corrected chi connectivity index (χ1v) is 9.91. The summed E-state index contributed by atoms with van der Waals surface area (Å²) in [5, 5.41) is 0. The molecule has 23 heavy (non-hydrogen) atoms. The van der Waals surface area contributed by atoms with Gasteiger partial charge in [0.05, 0.1) is 31.5 Å². The zero-order valence-electron chi connectivity index (χ0n) is 16.4. The molecule has 0 aromatic carbocycles. The van der Waals surface area contributed by atoms with E-state index in [1.54, 1.807) is 0 Å². The highest BCUT2D eigenvalue weighted by Crippen LogP contribution is 2.10. The van der Waals surface area contributed by atoms with Crippen LogP contribution in [-0.2, 0) is 14.2 Å². The molecule has 2 unspecified atom stereocenters. The highest BCUT2D eigenvalue weighted by atomic mass is 16.6. The van der Waals surface area contributed by atoms with E-state index >= 15 is 0 Å². The van der Waals surface area contributed by atoms with Crippen molar-refractivity contribution >= 4 is 0 Å². The summed E-state index contributed by atoms with van der Waals surface area (Å²) in [5.41, 5.74) is 0. The monoisotopic (exact) mass is 330 g/mol. The van der Waals surface area contributed by atoms with Crippen LogP contribution in [0.25, 0.3) is 0 Å². The van der Waals surface area contributed by atoms with Crippen LogP contribution in [0.5, 0.6) is 0 Å². The van der Waals surface area contributed by atoms with E-state index in [2.05, 4.69) is 20.8 Å². The second kappa shape index (κ2) is 16.7. The van der Waals surface area contributed by atoms with Gasteiger partial charge in [-0.25, -0.2) is 0 Å². The molecule has 3 nitrogen and oxygen atoms in total. The molecule has 0 N–H and O–H groups in total. The van der Waals surface area contributed by atoms with Crippen LogP contribution < -0.4 is 0 Å². The standard InChI is InChI=1S/C20H42O3/c1-6-7-8-9-10-11-12-13-14-15-21-19(4)17-23-20(5)16-22-18(2)3/h18-20H,6-17H2,1-5H3. The fourth-order valence-electron chi connectivity index (χ4n) is 2.42. The van der Waals surface area contributed by atoms with Gasteiger partial charge in [-0.2, -0.15) is 0 Å². The Morgan fingerprint density at radius 1 is 0.565 bits per heavy atom. The molecule has 0 bridgehead atoms. The summed E-state index contributed by atoms with van der Waals surface area (Å²) < 4.78 is 17.1. The van der Waals surface area contributed by atoms with Crippen molar-refractivity contribution in [1.82, 2.24) is 0 Å². The largest absolute Gasteiger partial charge is 0.376 e. The lowest BCUT2D eigenvalue weighted by Crippen LogP contribution is -2.24. The minimum absolute atomic E-state index is 0.135. The summed E-state index contributed by atoms with van der Waals surface area (Å²) in [6.07, 6.45) is 12.7. The molecule has 0 heterocycles. The highest BCUT2D eigenvalue weighted by molar-refractivity contribution is 4.54. The van der Waals surface area contributed by atoms with Gasteiger partial charge in [-0.15, -0.1) is 0 Å². The van der Waals surface area contributed by atoms with E-state index < -0.39 is 0 Å². The maximum absolute atomic E-state index is 5.81. The van der Waals surface area contributed by atoms with Crippen LogP contribution in [0.1, 0.15) is 92.4 Å². The molecule has 0 aliphatic rings. The predicted octanol–water partition coefficient (Wildman–Crippen LogP) is 5.75. The quantitative estimate of drug-likeness (QED) is 0.318. The smallest absolute Gasteiger partial charge is 0.0781 e. The van der Waals surface area contributed by atoms with Crippen molar-refractivity contribution in [1.29, 1.82) is 0 Å². The molecule has 0 aromatic heterocycles. The lowest BCUT2D eigenvalue weighted by Gasteiger charge is -2.18. The van der Waals surface area contributed by atoms with Gasteiger partial charge < -0.3 is 14.2 Å². The van der Waals surface area contributed by atoms with Crippen molar-refractivity contribution in [2.45, 2.75) is 111 Å². The number of hydrogen-bond donors (Lipinski definition) is 0. The maximum Gasteiger partial charge on any atom is 0.0781 e. The van der Waals surface area contributed by atoms with E-state index in [4.69, 9.17) is 14.2 Å². The molecule has 0 aromatic rings. The fraction of sp³-hybridized carbons (Fsp3) is 1.00. The van der Waals surface area contributed by atoms with E-state index in [9.17, 15) is 0 Å². The molecule has 140 valence electrons. The van der Waals surface area contributed by atoms with Gasteiger partial charge in [0.2, 0.25) is 0 Å². The average Bonchev–Trinajstić information content (AvgIpc) is 2.52. The van der Waals surface area contributed by atoms with Gasteiger partial charge in [-0.1, -0.05) is 58.3 Å². The minimum atomic E-state index is 0.135. The zero-order chi connectivity index (χ0) is 17.3. The van der Waals surface area contributed by atoms with Crippen molar-refractivity contribution in [3.05, 3.63) is 0 Å². The summed E-state index contributed by atoms with van der Waals surface area (Å²) in [7, 11) is 0. The Hall–Kier alpha value is -0.120. The number of unbranched alkanes of at least 4 members (excludes halogenated alkanes) is 8. The molecule has 0 fully saturated rings. The molecule has 0 saturated carbocycles. The van der Waals surface area contributed by atoms with Crippen molar-refractivity contribution in [3.8, 4) is 0 Å². The van der Waals surface area contributed by atoms with Crippen LogP contribution in [0.4, 0.5) is 0 Å². The predicted molar refractivity (Wildman–Crippen MR) is 99.1 cm³/mol. The Bertz CT molecular complexity index is 231. The van der Waals surface area contributed by atoms with E-state index in [-0.39, 0.29) is 18.3 Å². The fourth-order valence-corrected chi connectivity index (χ4v) is 2.42. The molecular formula is C20H42O3. The molecule has 0 aliphatic heterocycles. The highest BCUT2D eigenvalue weighted by Gasteiger charge is 2.08. The third-order valence-corrected chi connectivity index (χ3v) is 3.93. The van der Waals surface area contributed by atoms with Crippen LogP contribution in [0.3, 0.4) is 0 Å². The van der Waals surface area contributed by atoms with Crippen LogP contribution in [0, 0.1) is 0 Å². The van der Waals surface area contributed by atoms with E-state index in [1.807, 2.05) is 13.8 Å². The Morgan fingerprint density at radius 2 is 1.04 bits per heavy atom. The molecule has 0 radical (unpaired) electrons. The SMILES string of the molecule is CCCCCCCCCCCOC(C)COC(C)COC(C)C. The van der Waals surface area contributed by atoms with Gasteiger partial charge in [0.1, 0.15) is 0 Å². The van der Waals surface area contributed by atoms with Gasteiger partial charge in [0.15, 0.2) is 0 Å². The van der Waals surface area contributed by atoms with Crippen molar-refractivity contribution in [3.63, 3.8) is 0 Å². The molecule has 3 heteroatoms. The van der Waals surface area contributed by atoms with Crippen molar-refractivity contribution in [2.24, 2.45) is 0 Å². The summed E-state index contributed by atoms with van der Waals surface area (Å²) in [5.74, 6) is 0. The number of ether oxygens (including phenoxy) is 3. The van der Waals surface area contributed by atoms with E-state index in [1.165, 1.54) is 57.8 Å². The summed E-state index contributed by atoms with van der Waals surface area (Å²) in [4.78, 5) is 0. The Kier molecular flexibility index (Phi) is 16.6. The van der Waals surface area contributed by atoms with Crippen molar-refractivity contribution < 1.29 is 14.2 Å². The van der Waals surface area contributed by atoms with Gasteiger partial charge in [-0.3, -0.25) is 0 Å². The first-order valence-electron chi connectivity index (χ1n) is 9.91. The Morgan fingerprint density at radius 3 is 1.61 bits per heavy atom. The molecule has 0 aliphatic carbocycles. The maximum atomic E-state index is 5.81. The second-order valence-electron chi connectivity index (χ2n) is 7.04. The average molecular weight is 331 g/mol. The third-order valence-electron chi connectivity index (χ3n) is 3.93. The summed E-state index contributed by atoms with van der Waals surface area (Å²) in [6, 6.07) is 0. The first kappa shape index (κ1) is 22.9. The summed E-state index contributed by atoms with van der Waals surface area (Å²) >= 11 is 0. The molecule has 2 atom stereocenters. The first-order chi connectivity index (χ1) is 11.1. The van der Waals surface area contributed by atoms with Gasteiger partial charge >= 0.3 is 0 Å². The van der Waals surface area contributed by atoms with Gasteiger partial charge in [-0.05, 0) is 34.1 Å². The van der Waals surface area contributed by atoms with Crippen LogP contribution in [0.15, 0.2) is 0 Å². The van der Waals surface area contributed by atoms with Gasteiger partial charge in [0, 0.05) is 6.61 Å². The summed E-state index contributed by atoms with van der Waals surface area (Å²) in [6.45, 7) is 12.7.